The number of hydrogen-bond donors (Lipinski definition) is 2. The molecule has 0 bridgehead atoms. The van der Waals surface area contributed by atoms with Crippen molar-refractivity contribution in [3.8, 4) is 0 Å². The first-order chi connectivity index (χ1) is 7.72. The molecule has 1 atom stereocenters. The van der Waals surface area contributed by atoms with Gasteiger partial charge in [-0.25, -0.2) is 0 Å². The molecule has 0 aromatic rings. The second kappa shape index (κ2) is 7.25. The Morgan fingerprint density at radius 3 is 2.56 bits per heavy atom. The number of rotatable bonds is 8. The Hall–Kier alpha value is -0.120. The molecular formula is C13H27NO2. The highest BCUT2D eigenvalue weighted by Gasteiger charge is 2.32. The molecule has 0 amide bonds. The van der Waals surface area contributed by atoms with Gasteiger partial charge in [0, 0.05) is 6.61 Å². The molecule has 3 heteroatoms. The van der Waals surface area contributed by atoms with Crippen LogP contribution in [0, 0.1) is 0 Å². The van der Waals surface area contributed by atoms with Crippen molar-refractivity contribution in [2.24, 2.45) is 5.73 Å². The van der Waals surface area contributed by atoms with E-state index < -0.39 is 0 Å². The summed E-state index contributed by atoms with van der Waals surface area (Å²) in [7, 11) is 0. The van der Waals surface area contributed by atoms with E-state index in [0.717, 1.165) is 25.9 Å². The molecule has 1 unspecified atom stereocenters. The Kier molecular flexibility index (Phi) is 6.32. The second-order valence-corrected chi connectivity index (χ2v) is 4.97. The fourth-order valence-corrected chi connectivity index (χ4v) is 2.56. The Bertz CT molecular complexity index is 179. The summed E-state index contributed by atoms with van der Waals surface area (Å²) in [5, 5.41) is 9.53. The maximum Gasteiger partial charge on any atom is 0.0680 e. The van der Waals surface area contributed by atoms with E-state index >= 15 is 0 Å². The smallest absolute Gasteiger partial charge is 0.0680 e. The van der Waals surface area contributed by atoms with Gasteiger partial charge in [0.05, 0.1) is 11.7 Å². The van der Waals surface area contributed by atoms with Crippen LogP contribution >= 0.6 is 0 Å². The summed E-state index contributed by atoms with van der Waals surface area (Å²) in [5.41, 5.74) is 5.55. The van der Waals surface area contributed by atoms with E-state index in [0.29, 0.717) is 13.0 Å². The van der Waals surface area contributed by atoms with Crippen molar-refractivity contribution in [2.75, 3.05) is 13.2 Å². The summed E-state index contributed by atoms with van der Waals surface area (Å²) < 4.78 is 6.03. The van der Waals surface area contributed by atoms with Gasteiger partial charge in [-0.2, -0.15) is 0 Å². The number of hydrogen-bond acceptors (Lipinski definition) is 3. The largest absolute Gasteiger partial charge is 0.393 e. The fourth-order valence-electron chi connectivity index (χ4n) is 2.56. The summed E-state index contributed by atoms with van der Waals surface area (Å²) in [5.74, 6) is 0. The Balaban J connectivity index is 2.09. The topological polar surface area (TPSA) is 55.5 Å². The number of aliphatic hydroxyl groups excluding tert-OH is 1. The molecule has 1 aliphatic rings. The summed E-state index contributed by atoms with van der Waals surface area (Å²) >= 11 is 0. The van der Waals surface area contributed by atoms with Crippen LogP contribution in [0.2, 0.25) is 0 Å². The van der Waals surface area contributed by atoms with E-state index in [1.165, 1.54) is 25.7 Å². The van der Waals surface area contributed by atoms with Crippen molar-refractivity contribution in [1.29, 1.82) is 0 Å². The van der Waals surface area contributed by atoms with Crippen molar-refractivity contribution in [2.45, 2.75) is 70.0 Å². The zero-order valence-corrected chi connectivity index (χ0v) is 10.6. The number of nitrogens with two attached hydrogens (primary N) is 1. The third-order valence-corrected chi connectivity index (χ3v) is 3.75. The minimum atomic E-state index is -0.241. The van der Waals surface area contributed by atoms with Gasteiger partial charge in [0.15, 0.2) is 0 Å². The maximum absolute atomic E-state index is 9.53. The minimum absolute atomic E-state index is 0.165. The molecule has 96 valence electrons. The van der Waals surface area contributed by atoms with E-state index in [2.05, 4.69) is 6.92 Å². The average Bonchev–Trinajstić information content (AvgIpc) is 2.74. The van der Waals surface area contributed by atoms with Gasteiger partial charge in [-0.15, -0.1) is 0 Å². The van der Waals surface area contributed by atoms with Crippen LogP contribution in [0.25, 0.3) is 0 Å². The Morgan fingerprint density at radius 2 is 2.00 bits per heavy atom. The van der Waals surface area contributed by atoms with E-state index in [9.17, 15) is 5.11 Å². The molecule has 3 N–H and O–H groups in total. The molecular weight excluding hydrogens is 202 g/mol. The van der Waals surface area contributed by atoms with Gasteiger partial charge in [0.1, 0.15) is 0 Å². The van der Waals surface area contributed by atoms with Crippen molar-refractivity contribution in [3.63, 3.8) is 0 Å². The predicted octanol–water partition coefficient (Wildman–Crippen LogP) is 2.22. The van der Waals surface area contributed by atoms with Crippen LogP contribution in [0.3, 0.4) is 0 Å². The summed E-state index contributed by atoms with van der Waals surface area (Å²) in [6.45, 7) is 3.57. The molecule has 0 radical (unpaired) electrons. The molecule has 3 nitrogen and oxygen atoms in total. The number of ether oxygens (including phenoxy) is 1. The van der Waals surface area contributed by atoms with Crippen LogP contribution in [0.1, 0.15) is 58.3 Å². The van der Waals surface area contributed by atoms with Crippen molar-refractivity contribution < 1.29 is 9.84 Å². The van der Waals surface area contributed by atoms with E-state index in [-0.39, 0.29) is 11.7 Å². The zero-order chi connectivity index (χ0) is 11.9. The average molecular weight is 229 g/mol. The predicted molar refractivity (Wildman–Crippen MR) is 66.4 cm³/mol. The highest BCUT2D eigenvalue weighted by atomic mass is 16.5. The Labute approximate surface area is 99.4 Å². The first-order valence-electron chi connectivity index (χ1n) is 6.74. The molecule has 0 spiro atoms. The highest BCUT2D eigenvalue weighted by Crippen LogP contribution is 2.35. The lowest BCUT2D eigenvalue weighted by Gasteiger charge is -2.28. The van der Waals surface area contributed by atoms with Gasteiger partial charge in [-0.1, -0.05) is 19.8 Å². The fraction of sp³-hybridized carbons (Fsp3) is 1.00. The molecule has 16 heavy (non-hydrogen) atoms. The van der Waals surface area contributed by atoms with Gasteiger partial charge in [-0.05, 0) is 45.1 Å². The summed E-state index contributed by atoms with van der Waals surface area (Å²) in [6, 6.07) is 0. The third-order valence-electron chi connectivity index (χ3n) is 3.75. The Morgan fingerprint density at radius 1 is 1.31 bits per heavy atom. The molecule has 0 aliphatic heterocycles. The summed E-state index contributed by atoms with van der Waals surface area (Å²) in [4.78, 5) is 0. The van der Waals surface area contributed by atoms with Crippen molar-refractivity contribution >= 4 is 0 Å². The van der Waals surface area contributed by atoms with Crippen LogP contribution in [0.15, 0.2) is 0 Å². The first-order valence-corrected chi connectivity index (χ1v) is 6.74. The lowest BCUT2D eigenvalue weighted by molar-refractivity contribution is -0.0472. The molecule has 0 saturated heterocycles. The van der Waals surface area contributed by atoms with Crippen LogP contribution in [-0.2, 0) is 4.74 Å². The van der Waals surface area contributed by atoms with Crippen LogP contribution < -0.4 is 5.73 Å². The van der Waals surface area contributed by atoms with Gasteiger partial charge >= 0.3 is 0 Å². The standard InChI is InChI=1S/C13H27NO2/c1-2-13(8-3-4-9-13)16-11-5-6-12(15)7-10-14/h12,15H,2-11,14H2,1H3. The minimum Gasteiger partial charge on any atom is -0.393 e. The van der Waals surface area contributed by atoms with Crippen molar-refractivity contribution in [3.05, 3.63) is 0 Å². The van der Waals surface area contributed by atoms with Gasteiger partial charge in [0.2, 0.25) is 0 Å². The first kappa shape index (κ1) is 13.9. The van der Waals surface area contributed by atoms with Crippen LogP contribution in [0.4, 0.5) is 0 Å². The quantitative estimate of drug-likeness (QED) is 0.627. The highest BCUT2D eigenvalue weighted by molar-refractivity contribution is 4.84. The number of aliphatic hydroxyl groups is 1. The van der Waals surface area contributed by atoms with Gasteiger partial charge < -0.3 is 15.6 Å². The summed E-state index contributed by atoms with van der Waals surface area (Å²) in [6.07, 6.45) is 8.41. The lowest BCUT2D eigenvalue weighted by atomic mass is 9.99. The van der Waals surface area contributed by atoms with Gasteiger partial charge in [0.25, 0.3) is 0 Å². The molecule has 1 fully saturated rings. The SMILES string of the molecule is CCC1(OCCCC(O)CCN)CCCC1. The normalized spacial score (nSPS) is 21.2. The molecule has 0 heterocycles. The molecule has 1 saturated carbocycles. The maximum atomic E-state index is 9.53. The molecule has 1 aliphatic carbocycles. The molecule has 0 aromatic carbocycles. The van der Waals surface area contributed by atoms with Crippen LogP contribution in [-0.4, -0.2) is 30.0 Å². The third kappa shape index (κ3) is 4.40. The van der Waals surface area contributed by atoms with Crippen LogP contribution in [0.5, 0.6) is 0 Å². The second-order valence-electron chi connectivity index (χ2n) is 4.97. The van der Waals surface area contributed by atoms with Gasteiger partial charge in [-0.3, -0.25) is 0 Å². The zero-order valence-electron chi connectivity index (χ0n) is 10.6. The lowest BCUT2D eigenvalue weighted by Crippen LogP contribution is -2.28. The monoisotopic (exact) mass is 229 g/mol. The molecule has 0 aromatic heterocycles. The van der Waals surface area contributed by atoms with E-state index in [1.807, 2.05) is 0 Å². The van der Waals surface area contributed by atoms with Crippen molar-refractivity contribution in [1.82, 2.24) is 0 Å². The van der Waals surface area contributed by atoms with E-state index in [4.69, 9.17) is 10.5 Å². The van der Waals surface area contributed by atoms with E-state index in [1.54, 1.807) is 0 Å². The molecule has 1 rings (SSSR count).